The number of unbranched alkanes of at least 4 members (excludes halogenated alkanes) is 1. The van der Waals surface area contributed by atoms with Gasteiger partial charge in [-0.05, 0) is 37.8 Å². The van der Waals surface area contributed by atoms with Crippen molar-refractivity contribution in [2.24, 2.45) is 5.73 Å². The molecule has 1 aromatic rings. The first-order valence-corrected chi connectivity index (χ1v) is 11.7. The van der Waals surface area contributed by atoms with Crippen molar-refractivity contribution in [3.8, 4) is 0 Å². The van der Waals surface area contributed by atoms with E-state index in [0.717, 1.165) is 30.6 Å². The molecule has 5 N–H and O–H groups in total. The number of ether oxygens (including phenoxy) is 3. The third kappa shape index (κ3) is 7.38. The highest BCUT2D eigenvalue weighted by molar-refractivity contribution is 6.02. The van der Waals surface area contributed by atoms with Crippen molar-refractivity contribution >= 4 is 17.5 Å². The van der Waals surface area contributed by atoms with Crippen molar-refractivity contribution in [1.29, 1.82) is 0 Å². The summed E-state index contributed by atoms with van der Waals surface area (Å²) >= 11 is 0. The van der Waals surface area contributed by atoms with E-state index in [9.17, 15) is 14.7 Å². The van der Waals surface area contributed by atoms with Crippen LogP contribution in [0.1, 0.15) is 41.6 Å². The second-order valence-corrected chi connectivity index (χ2v) is 8.14. The molecule has 2 heterocycles. The Balaban J connectivity index is 1.33. The Morgan fingerprint density at radius 1 is 1.03 bits per heavy atom. The Labute approximate surface area is 194 Å². The Morgan fingerprint density at radius 3 is 2.48 bits per heavy atom. The van der Waals surface area contributed by atoms with Crippen LogP contribution in [-0.4, -0.2) is 86.8 Å². The molecule has 2 atom stereocenters. The molecular weight excluding hydrogens is 428 g/mol. The first kappa shape index (κ1) is 25.4. The number of hydrogen-bond acceptors (Lipinski definition) is 8. The first-order valence-electron chi connectivity index (χ1n) is 11.7. The third-order valence-electron chi connectivity index (χ3n) is 5.73. The normalized spacial score (nSPS) is 20.1. The smallest absolute Gasteiger partial charge is 0.255 e. The molecule has 0 radical (unpaired) electrons. The van der Waals surface area contributed by atoms with Gasteiger partial charge < -0.3 is 40.6 Å². The number of rotatable bonds is 15. The zero-order chi connectivity index (χ0) is 23.5. The Kier molecular flexibility index (Phi) is 10.4. The van der Waals surface area contributed by atoms with E-state index in [0.29, 0.717) is 71.1 Å². The van der Waals surface area contributed by atoms with Crippen LogP contribution in [0.2, 0.25) is 0 Å². The summed E-state index contributed by atoms with van der Waals surface area (Å²) in [6.07, 6.45) is 1.92. The fraction of sp³-hybridized carbons (Fsp3) is 0.652. The maximum atomic E-state index is 12.9. The van der Waals surface area contributed by atoms with Gasteiger partial charge in [-0.15, -0.1) is 0 Å². The number of fused-ring (bicyclic) bond motifs is 1. The number of benzene rings is 1. The lowest BCUT2D eigenvalue weighted by Gasteiger charge is -2.32. The average molecular weight is 465 g/mol. The van der Waals surface area contributed by atoms with Gasteiger partial charge in [0.25, 0.3) is 5.91 Å². The number of nitrogens with two attached hydrogens (primary N) is 1. The van der Waals surface area contributed by atoms with Gasteiger partial charge in [0.2, 0.25) is 5.91 Å². The van der Waals surface area contributed by atoms with Crippen LogP contribution < -0.4 is 16.4 Å². The van der Waals surface area contributed by atoms with Crippen LogP contribution in [-0.2, 0) is 25.5 Å². The summed E-state index contributed by atoms with van der Waals surface area (Å²) in [6.45, 7) is 5.09. The van der Waals surface area contributed by atoms with E-state index in [1.165, 1.54) is 0 Å². The van der Waals surface area contributed by atoms with Crippen LogP contribution in [0.25, 0.3) is 0 Å². The maximum absolute atomic E-state index is 12.9. The van der Waals surface area contributed by atoms with Crippen molar-refractivity contribution in [3.05, 3.63) is 29.3 Å². The number of nitrogens with one attached hydrogen (secondary N) is 2. The summed E-state index contributed by atoms with van der Waals surface area (Å²) in [5, 5.41) is 15.6. The van der Waals surface area contributed by atoms with Crippen molar-refractivity contribution in [1.82, 2.24) is 10.2 Å². The topological polar surface area (TPSA) is 135 Å². The molecule has 2 aliphatic heterocycles. The second-order valence-electron chi connectivity index (χ2n) is 8.14. The van der Waals surface area contributed by atoms with E-state index in [1.54, 1.807) is 11.0 Å². The van der Waals surface area contributed by atoms with Gasteiger partial charge in [-0.2, -0.15) is 0 Å². The average Bonchev–Trinajstić information content (AvgIpc) is 3.14. The molecule has 10 heteroatoms. The molecule has 2 aliphatic rings. The van der Waals surface area contributed by atoms with Gasteiger partial charge >= 0.3 is 0 Å². The van der Waals surface area contributed by atoms with E-state index in [-0.39, 0.29) is 11.8 Å². The molecule has 2 amide bonds. The minimum absolute atomic E-state index is 0.133. The number of hydrogen-bond donors (Lipinski definition) is 4. The molecule has 0 saturated carbocycles. The minimum Gasteiger partial charge on any atom is -0.385 e. The first-order chi connectivity index (χ1) is 16.1. The lowest BCUT2D eigenvalue weighted by Crippen LogP contribution is -2.54. The summed E-state index contributed by atoms with van der Waals surface area (Å²) in [4.78, 5) is 26.8. The van der Waals surface area contributed by atoms with E-state index < -0.39 is 12.3 Å². The van der Waals surface area contributed by atoms with Crippen LogP contribution in [0, 0.1) is 0 Å². The van der Waals surface area contributed by atoms with Crippen molar-refractivity contribution in [2.75, 3.05) is 58.0 Å². The van der Waals surface area contributed by atoms with Gasteiger partial charge in [-0.1, -0.05) is 6.07 Å². The monoisotopic (exact) mass is 464 g/mol. The number of amides is 2. The van der Waals surface area contributed by atoms with E-state index in [1.807, 2.05) is 12.1 Å². The lowest BCUT2D eigenvalue weighted by molar-refractivity contribution is -0.132. The molecular formula is C23H36N4O6. The van der Waals surface area contributed by atoms with Crippen LogP contribution >= 0.6 is 0 Å². The van der Waals surface area contributed by atoms with Gasteiger partial charge in [0.1, 0.15) is 12.3 Å². The predicted octanol–water partition coefficient (Wildman–Crippen LogP) is 0.440. The number of aliphatic hydroxyl groups excluding tert-OH is 1. The number of carbonyl (C=O) groups excluding carboxylic acids is 2. The molecule has 184 valence electrons. The maximum Gasteiger partial charge on any atom is 0.255 e. The van der Waals surface area contributed by atoms with Gasteiger partial charge in [0.15, 0.2) is 0 Å². The molecule has 10 nitrogen and oxygen atoms in total. The van der Waals surface area contributed by atoms with Crippen molar-refractivity contribution in [2.45, 2.75) is 44.5 Å². The molecule has 3 rings (SSSR count). The van der Waals surface area contributed by atoms with Crippen LogP contribution in [0.3, 0.4) is 0 Å². The highest BCUT2D eigenvalue weighted by atomic mass is 16.5. The fourth-order valence-corrected chi connectivity index (χ4v) is 4.03. The zero-order valence-corrected chi connectivity index (χ0v) is 19.1. The molecule has 1 aromatic carbocycles. The SMILES string of the molecule is NCCOCCOCCOCCCCNc1cccc2c1CN(C1CCC(O)NC1=O)C2=O. The highest BCUT2D eigenvalue weighted by Crippen LogP contribution is 2.32. The Hall–Kier alpha value is -2.24. The largest absolute Gasteiger partial charge is 0.385 e. The van der Waals surface area contributed by atoms with Crippen LogP contribution in [0.15, 0.2) is 18.2 Å². The fourth-order valence-electron chi connectivity index (χ4n) is 4.03. The molecule has 0 bridgehead atoms. The van der Waals surface area contributed by atoms with Crippen LogP contribution in [0.5, 0.6) is 0 Å². The summed E-state index contributed by atoms with van der Waals surface area (Å²) in [5.74, 6) is -0.429. The second kappa shape index (κ2) is 13.5. The molecule has 1 saturated heterocycles. The summed E-state index contributed by atoms with van der Waals surface area (Å²) in [7, 11) is 0. The lowest BCUT2D eigenvalue weighted by atomic mass is 10.0. The highest BCUT2D eigenvalue weighted by Gasteiger charge is 2.39. The number of nitrogens with zero attached hydrogens (tertiary/aromatic N) is 1. The van der Waals surface area contributed by atoms with Gasteiger partial charge in [-0.3, -0.25) is 9.59 Å². The van der Waals surface area contributed by atoms with Crippen LogP contribution in [0.4, 0.5) is 5.69 Å². The zero-order valence-electron chi connectivity index (χ0n) is 19.1. The quantitative estimate of drug-likeness (QED) is 0.275. The summed E-state index contributed by atoms with van der Waals surface area (Å²) in [6, 6.07) is 5.09. The minimum atomic E-state index is -0.830. The molecule has 1 fully saturated rings. The number of piperidine rings is 1. The standard InChI is InChI=1S/C23H36N4O6/c24-8-11-32-13-15-33-14-12-31-10-2-1-9-25-19-5-3-4-17-18(19)16-27(23(17)30)20-6-7-21(28)26-22(20)29/h3-5,20-21,25,28H,1-2,6-16,24H2,(H,26,29). The third-order valence-corrected chi connectivity index (χ3v) is 5.73. The number of aliphatic hydroxyl groups is 1. The molecule has 0 aliphatic carbocycles. The number of anilines is 1. The van der Waals surface area contributed by atoms with E-state index in [2.05, 4.69) is 10.6 Å². The Morgan fingerprint density at radius 2 is 1.76 bits per heavy atom. The Bertz CT molecular complexity index is 777. The van der Waals surface area contributed by atoms with E-state index >= 15 is 0 Å². The van der Waals surface area contributed by atoms with Gasteiger partial charge in [0.05, 0.1) is 33.0 Å². The number of carbonyl (C=O) groups is 2. The summed E-state index contributed by atoms with van der Waals surface area (Å²) < 4.78 is 16.2. The molecule has 0 spiro atoms. The van der Waals surface area contributed by atoms with Gasteiger partial charge in [-0.25, -0.2) is 0 Å². The van der Waals surface area contributed by atoms with E-state index in [4.69, 9.17) is 19.9 Å². The molecule has 33 heavy (non-hydrogen) atoms. The van der Waals surface area contributed by atoms with Gasteiger partial charge in [0, 0.05) is 43.1 Å². The summed E-state index contributed by atoms with van der Waals surface area (Å²) in [5.41, 5.74) is 7.82. The molecule has 0 aromatic heterocycles. The van der Waals surface area contributed by atoms with Crippen molar-refractivity contribution < 1.29 is 28.9 Å². The molecule has 2 unspecified atom stereocenters. The van der Waals surface area contributed by atoms with Crippen molar-refractivity contribution in [3.63, 3.8) is 0 Å². The predicted molar refractivity (Wildman–Crippen MR) is 123 cm³/mol.